The van der Waals surface area contributed by atoms with Gasteiger partial charge in [0.1, 0.15) is 11.5 Å². The number of alkyl halides is 2. The Bertz CT molecular complexity index is 1470. The number of sulfonamides is 1. The minimum Gasteiger partial charge on any atom is -0.415 e. The molecule has 1 spiro atoms. The Balaban J connectivity index is 1.28. The Morgan fingerprint density at radius 3 is 2.33 bits per heavy atom. The highest BCUT2D eigenvalue weighted by Crippen LogP contribution is 2.54. The van der Waals surface area contributed by atoms with Crippen LogP contribution in [0.4, 0.5) is 26.0 Å². The van der Waals surface area contributed by atoms with E-state index in [1.807, 2.05) is 4.90 Å². The molecule has 0 amide bonds. The molecule has 2 N–H and O–H groups in total. The van der Waals surface area contributed by atoms with Crippen molar-refractivity contribution in [1.82, 2.24) is 15.2 Å². The number of hydrogen-bond donors (Lipinski definition) is 2. The van der Waals surface area contributed by atoms with Crippen LogP contribution in [0.5, 0.6) is 0 Å². The number of piperidine rings is 2. The maximum atomic E-state index is 13.6. The lowest BCUT2D eigenvalue weighted by molar-refractivity contribution is -0.0221. The molecule has 2 aromatic heterocycles. The van der Waals surface area contributed by atoms with Crippen molar-refractivity contribution >= 4 is 27.2 Å². The van der Waals surface area contributed by atoms with E-state index in [0.29, 0.717) is 28.2 Å². The lowest BCUT2D eigenvalue weighted by Crippen LogP contribution is -2.39. The maximum absolute atomic E-state index is 13.6. The number of hydrogen-bond acceptors (Lipinski definition) is 9. The highest BCUT2D eigenvalue weighted by Gasteiger charge is 2.44. The standard InChI is InChI=1S/C27H32F2N6O4S/c28-27(29)10-14-35(15-11-27)23-3-1-2-21(30-23)25-32-31-24(39-25)20-5-4-19(33-40(37,38)17-16-36)18-22(20)34-12-8-26(6-7-26)9-13-34/h1-5,18,33,36H,6-17H2. The van der Waals surface area contributed by atoms with Gasteiger partial charge in [0, 0.05) is 39.0 Å². The third-order valence-electron chi connectivity index (χ3n) is 8.18. The molecule has 6 rings (SSSR count). The zero-order chi connectivity index (χ0) is 28.0. The predicted octanol–water partition coefficient (Wildman–Crippen LogP) is 4.15. The average molecular weight is 575 g/mol. The highest BCUT2D eigenvalue weighted by molar-refractivity contribution is 7.92. The molecule has 3 aliphatic rings. The van der Waals surface area contributed by atoms with Gasteiger partial charge in [-0.1, -0.05) is 6.07 Å². The molecular formula is C27H32F2N6O4S. The second-order valence-corrected chi connectivity index (χ2v) is 12.8. The largest absolute Gasteiger partial charge is 0.415 e. The molecule has 13 heteroatoms. The van der Waals surface area contributed by atoms with Crippen LogP contribution < -0.4 is 14.5 Å². The lowest BCUT2D eigenvalue weighted by Gasteiger charge is -2.35. The topological polar surface area (TPSA) is 125 Å². The molecule has 40 heavy (non-hydrogen) atoms. The van der Waals surface area contributed by atoms with Crippen LogP contribution in [0.25, 0.3) is 23.0 Å². The fourth-order valence-electron chi connectivity index (χ4n) is 5.50. The van der Waals surface area contributed by atoms with Crippen LogP contribution in [0, 0.1) is 5.41 Å². The van der Waals surface area contributed by atoms with Gasteiger partial charge >= 0.3 is 0 Å². The third-order valence-corrected chi connectivity index (χ3v) is 9.45. The Labute approximate surface area is 231 Å². The summed E-state index contributed by atoms with van der Waals surface area (Å²) in [6.45, 7) is 1.62. The number of rotatable bonds is 8. The summed E-state index contributed by atoms with van der Waals surface area (Å²) in [7, 11) is -3.69. The molecule has 1 aliphatic carbocycles. The van der Waals surface area contributed by atoms with Crippen molar-refractivity contribution in [3.05, 3.63) is 36.4 Å². The van der Waals surface area contributed by atoms with Crippen molar-refractivity contribution in [2.45, 2.75) is 44.4 Å². The van der Waals surface area contributed by atoms with Gasteiger partial charge in [0.25, 0.3) is 11.8 Å². The van der Waals surface area contributed by atoms with Crippen molar-refractivity contribution in [2.75, 3.05) is 53.1 Å². The summed E-state index contributed by atoms with van der Waals surface area (Å²) in [6, 6.07) is 10.5. The number of aromatic nitrogens is 3. The summed E-state index contributed by atoms with van der Waals surface area (Å²) in [6.07, 6.45) is 4.23. The number of aliphatic hydroxyl groups is 1. The van der Waals surface area contributed by atoms with Gasteiger partial charge in [-0.3, -0.25) is 4.72 Å². The smallest absolute Gasteiger partial charge is 0.266 e. The average Bonchev–Trinajstić information content (AvgIpc) is 3.49. The first kappa shape index (κ1) is 26.9. The molecule has 0 bridgehead atoms. The minimum atomic E-state index is -3.69. The summed E-state index contributed by atoms with van der Waals surface area (Å²) in [5.41, 5.74) is 2.74. The molecule has 1 saturated carbocycles. The Morgan fingerprint density at radius 1 is 0.925 bits per heavy atom. The number of nitrogens with one attached hydrogen (secondary N) is 1. The first-order chi connectivity index (χ1) is 19.1. The molecule has 3 fully saturated rings. The molecule has 0 atom stereocenters. The fraction of sp³-hybridized carbons (Fsp3) is 0.519. The van der Waals surface area contributed by atoms with Gasteiger partial charge in [-0.2, -0.15) is 0 Å². The van der Waals surface area contributed by atoms with Crippen molar-refractivity contribution < 1.29 is 26.7 Å². The van der Waals surface area contributed by atoms with Crippen LogP contribution >= 0.6 is 0 Å². The van der Waals surface area contributed by atoms with Crippen molar-refractivity contribution in [3.63, 3.8) is 0 Å². The second-order valence-electron chi connectivity index (χ2n) is 11.0. The van der Waals surface area contributed by atoms with Crippen LogP contribution in [-0.4, -0.2) is 73.2 Å². The zero-order valence-corrected chi connectivity index (χ0v) is 22.8. The van der Waals surface area contributed by atoms with Gasteiger partial charge < -0.3 is 19.3 Å². The molecular weight excluding hydrogens is 542 g/mol. The van der Waals surface area contributed by atoms with Gasteiger partial charge in [0.05, 0.1) is 29.3 Å². The molecule has 4 heterocycles. The van der Waals surface area contributed by atoms with Gasteiger partial charge in [0.2, 0.25) is 15.9 Å². The van der Waals surface area contributed by atoms with Gasteiger partial charge in [0.15, 0.2) is 0 Å². The number of aliphatic hydroxyl groups excluding tert-OH is 1. The molecule has 214 valence electrons. The summed E-state index contributed by atoms with van der Waals surface area (Å²) in [5.74, 6) is -1.99. The van der Waals surface area contributed by atoms with Crippen LogP contribution in [-0.2, 0) is 10.0 Å². The van der Waals surface area contributed by atoms with E-state index < -0.39 is 28.3 Å². The van der Waals surface area contributed by atoms with Crippen LogP contribution in [0.3, 0.4) is 0 Å². The summed E-state index contributed by atoms with van der Waals surface area (Å²) < 4.78 is 60.4. The molecule has 10 nitrogen and oxygen atoms in total. The Morgan fingerprint density at radius 2 is 1.62 bits per heavy atom. The van der Waals surface area contributed by atoms with E-state index >= 15 is 0 Å². The Kier molecular flexibility index (Phi) is 6.89. The Hall–Kier alpha value is -3.32. The minimum absolute atomic E-state index is 0.202. The summed E-state index contributed by atoms with van der Waals surface area (Å²) in [4.78, 5) is 8.65. The molecule has 2 saturated heterocycles. The SMILES string of the molecule is O=S(=O)(CCO)Nc1ccc(-c2nnc(-c3cccc(N4CCC(F)(F)CC4)n3)o2)c(N2CCC3(CC2)CC3)c1. The molecule has 3 aromatic rings. The highest BCUT2D eigenvalue weighted by atomic mass is 32.2. The lowest BCUT2D eigenvalue weighted by atomic mass is 9.93. The summed E-state index contributed by atoms with van der Waals surface area (Å²) >= 11 is 0. The van der Waals surface area contributed by atoms with Crippen LogP contribution in [0.15, 0.2) is 40.8 Å². The van der Waals surface area contributed by atoms with Crippen molar-refractivity contribution in [2.24, 2.45) is 5.41 Å². The van der Waals surface area contributed by atoms with E-state index in [1.165, 1.54) is 12.8 Å². The van der Waals surface area contributed by atoms with E-state index in [-0.39, 0.29) is 37.7 Å². The number of benzene rings is 1. The van der Waals surface area contributed by atoms with Gasteiger partial charge in [-0.05, 0) is 61.4 Å². The van der Waals surface area contributed by atoms with Crippen molar-refractivity contribution in [3.8, 4) is 23.0 Å². The molecule has 0 unspecified atom stereocenters. The fourth-order valence-corrected chi connectivity index (χ4v) is 6.33. The number of nitrogens with zero attached hydrogens (tertiary/aromatic N) is 5. The summed E-state index contributed by atoms with van der Waals surface area (Å²) in [5, 5.41) is 17.6. The first-order valence-electron chi connectivity index (χ1n) is 13.6. The quantitative estimate of drug-likeness (QED) is 0.408. The third kappa shape index (κ3) is 5.75. The van der Waals surface area contributed by atoms with Gasteiger partial charge in [-0.15, -0.1) is 10.2 Å². The molecule has 1 aromatic carbocycles. The molecule has 0 radical (unpaired) electrons. The predicted molar refractivity (Wildman–Crippen MR) is 147 cm³/mol. The van der Waals surface area contributed by atoms with E-state index in [1.54, 1.807) is 36.4 Å². The number of anilines is 3. The number of halogens is 2. The van der Waals surface area contributed by atoms with E-state index in [4.69, 9.17) is 9.52 Å². The van der Waals surface area contributed by atoms with Crippen LogP contribution in [0.1, 0.15) is 38.5 Å². The van der Waals surface area contributed by atoms with E-state index in [2.05, 4.69) is 24.8 Å². The van der Waals surface area contributed by atoms with Crippen LogP contribution in [0.2, 0.25) is 0 Å². The van der Waals surface area contributed by atoms with E-state index in [9.17, 15) is 17.2 Å². The maximum Gasteiger partial charge on any atom is 0.266 e. The number of pyridine rings is 1. The normalized spacial score (nSPS) is 20.1. The molecule has 2 aliphatic heterocycles. The first-order valence-corrected chi connectivity index (χ1v) is 15.2. The van der Waals surface area contributed by atoms with Gasteiger partial charge in [-0.25, -0.2) is 22.2 Å². The van der Waals surface area contributed by atoms with Crippen molar-refractivity contribution in [1.29, 1.82) is 0 Å². The second kappa shape index (κ2) is 10.3. The zero-order valence-electron chi connectivity index (χ0n) is 22.0. The monoisotopic (exact) mass is 574 g/mol. The van der Waals surface area contributed by atoms with E-state index in [0.717, 1.165) is 31.6 Å².